The first kappa shape index (κ1) is 11.3. The fourth-order valence-electron chi connectivity index (χ4n) is 1.15. The summed E-state index contributed by atoms with van der Waals surface area (Å²) in [7, 11) is 0. The van der Waals surface area contributed by atoms with Crippen LogP contribution in [0.1, 0.15) is 19.4 Å². The second-order valence-corrected chi connectivity index (χ2v) is 3.77. The normalized spacial score (nSPS) is 13.1. The van der Waals surface area contributed by atoms with E-state index < -0.39 is 0 Å². The topological polar surface area (TPSA) is 9.23 Å². The molecule has 0 amide bonds. The maximum atomic E-state index is 5.75. The molecule has 1 atom stereocenters. The highest BCUT2D eigenvalue weighted by atomic mass is 79.9. The number of ether oxygens (including phenoxy) is 1. The van der Waals surface area contributed by atoms with E-state index in [1.165, 1.54) is 0 Å². The largest absolute Gasteiger partial charge is 0.489 e. The SMILES string of the molecule is CC=Cc1ccccc1OC(C)CBr. The Bertz CT molecular complexity index is 307. The van der Waals surface area contributed by atoms with Crippen LogP contribution >= 0.6 is 15.9 Å². The molecule has 0 spiro atoms. The second-order valence-electron chi connectivity index (χ2n) is 3.12. The quantitative estimate of drug-likeness (QED) is 0.742. The summed E-state index contributed by atoms with van der Waals surface area (Å²) in [5, 5.41) is 0.844. The Labute approximate surface area is 93.9 Å². The lowest BCUT2D eigenvalue weighted by molar-refractivity contribution is 0.247. The number of para-hydroxylation sites is 1. The molecule has 1 rings (SSSR count). The minimum absolute atomic E-state index is 0.196. The summed E-state index contributed by atoms with van der Waals surface area (Å²) in [5.74, 6) is 0.942. The molecule has 0 aromatic heterocycles. The lowest BCUT2D eigenvalue weighted by Crippen LogP contribution is -2.13. The molecule has 1 aromatic carbocycles. The molecule has 1 unspecified atom stereocenters. The summed E-state index contributed by atoms with van der Waals surface area (Å²) in [4.78, 5) is 0. The average molecular weight is 255 g/mol. The fourth-order valence-corrected chi connectivity index (χ4v) is 1.29. The van der Waals surface area contributed by atoms with Crippen LogP contribution in [-0.2, 0) is 0 Å². The first-order chi connectivity index (χ1) is 6.77. The van der Waals surface area contributed by atoms with Gasteiger partial charge in [-0.15, -0.1) is 0 Å². The van der Waals surface area contributed by atoms with Crippen LogP contribution in [0, 0.1) is 0 Å². The van der Waals surface area contributed by atoms with Crippen molar-refractivity contribution in [3.05, 3.63) is 35.9 Å². The Hall–Kier alpha value is -0.760. The molecule has 0 N–H and O–H groups in total. The smallest absolute Gasteiger partial charge is 0.126 e. The molecule has 0 aliphatic heterocycles. The van der Waals surface area contributed by atoms with Gasteiger partial charge < -0.3 is 4.74 Å². The highest BCUT2D eigenvalue weighted by Gasteiger charge is 2.04. The predicted octanol–water partition coefficient (Wildman–Crippen LogP) is 3.88. The van der Waals surface area contributed by atoms with Gasteiger partial charge in [-0.3, -0.25) is 0 Å². The van der Waals surface area contributed by atoms with Crippen LogP contribution in [0.5, 0.6) is 5.75 Å². The van der Waals surface area contributed by atoms with Crippen molar-refractivity contribution in [2.24, 2.45) is 0 Å². The van der Waals surface area contributed by atoms with Crippen molar-refractivity contribution in [1.29, 1.82) is 0 Å². The van der Waals surface area contributed by atoms with Crippen LogP contribution in [0.3, 0.4) is 0 Å². The molecule has 2 heteroatoms. The van der Waals surface area contributed by atoms with Gasteiger partial charge in [-0.1, -0.05) is 46.3 Å². The van der Waals surface area contributed by atoms with E-state index in [9.17, 15) is 0 Å². The van der Waals surface area contributed by atoms with E-state index in [-0.39, 0.29) is 6.10 Å². The van der Waals surface area contributed by atoms with Crippen molar-refractivity contribution in [1.82, 2.24) is 0 Å². The van der Waals surface area contributed by atoms with E-state index in [2.05, 4.69) is 28.1 Å². The zero-order valence-corrected chi connectivity index (χ0v) is 10.1. The maximum Gasteiger partial charge on any atom is 0.126 e. The molecular weight excluding hydrogens is 240 g/mol. The van der Waals surface area contributed by atoms with Crippen LogP contribution in [-0.4, -0.2) is 11.4 Å². The highest BCUT2D eigenvalue weighted by molar-refractivity contribution is 9.09. The van der Waals surface area contributed by atoms with Gasteiger partial charge in [-0.2, -0.15) is 0 Å². The second kappa shape index (κ2) is 5.86. The van der Waals surface area contributed by atoms with Crippen LogP contribution < -0.4 is 4.74 Å². The van der Waals surface area contributed by atoms with E-state index in [1.807, 2.05) is 38.1 Å². The number of hydrogen-bond donors (Lipinski definition) is 0. The predicted molar refractivity (Wildman–Crippen MR) is 65.0 cm³/mol. The van der Waals surface area contributed by atoms with E-state index >= 15 is 0 Å². The number of rotatable bonds is 4. The molecule has 0 heterocycles. The molecule has 0 aliphatic carbocycles. The third-order valence-corrected chi connectivity index (χ3v) is 2.72. The Balaban J connectivity index is 2.84. The first-order valence-corrected chi connectivity index (χ1v) is 5.84. The third-order valence-electron chi connectivity index (χ3n) is 1.81. The van der Waals surface area contributed by atoms with Gasteiger partial charge in [0.15, 0.2) is 0 Å². The molecule has 14 heavy (non-hydrogen) atoms. The zero-order valence-electron chi connectivity index (χ0n) is 8.53. The van der Waals surface area contributed by atoms with E-state index in [1.54, 1.807) is 0 Å². The molecule has 0 saturated heterocycles. The molecule has 0 saturated carbocycles. The van der Waals surface area contributed by atoms with Crippen LogP contribution in [0.4, 0.5) is 0 Å². The number of halogens is 1. The van der Waals surface area contributed by atoms with Gasteiger partial charge in [0.2, 0.25) is 0 Å². The van der Waals surface area contributed by atoms with Crippen LogP contribution in [0.2, 0.25) is 0 Å². The monoisotopic (exact) mass is 254 g/mol. The van der Waals surface area contributed by atoms with Gasteiger partial charge in [0, 0.05) is 10.9 Å². The highest BCUT2D eigenvalue weighted by Crippen LogP contribution is 2.20. The summed E-state index contributed by atoms with van der Waals surface area (Å²) < 4.78 is 5.75. The van der Waals surface area contributed by atoms with Gasteiger partial charge in [-0.05, 0) is 19.9 Å². The van der Waals surface area contributed by atoms with Gasteiger partial charge >= 0.3 is 0 Å². The van der Waals surface area contributed by atoms with Crippen molar-refractivity contribution in [2.45, 2.75) is 20.0 Å². The minimum Gasteiger partial charge on any atom is -0.489 e. The van der Waals surface area contributed by atoms with Crippen molar-refractivity contribution in [3.8, 4) is 5.75 Å². The van der Waals surface area contributed by atoms with Crippen molar-refractivity contribution >= 4 is 22.0 Å². The third kappa shape index (κ3) is 3.18. The van der Waals surface area contributed by atoms with E-state index in [4.69, 9.17) is 4.74 Å². The molecule has 0 bridgehead atoms. The Morgan fingerprint density at radius 3 is 2.79 bits per heavy atom. The Morgan fingerprint density at radius 1 is 1.43 bits per heavy atom. The summed E-state index contributed by atoms with van der Waals surface area (Å²) in [6.07, 6.45) is 4.26. The minimum atomic E-state index is 0.196. The summed E-state index contributed by atoms with van der Waals surface area (Å²) >= 11 is 3.39. The van der Waals surface area contributed by atoms with Crippen LogP contribution in [0.25, 0.3) is 6.08 Å². The van der Waals surface area contributed by atoms with Crippen molar-refractivity contribution in [2.75, 3.05) is 5.33 Å². The molecular formula is C12H15BrO. The van der Waals surface area contributed by atoms with Gasteiger partial charge in [0.1, 0.15) is 11.9 Å². The number of hydrogen-bond acceptors (Lipinski definition) is 1. The number of benzene rings is 1. The molecule has 1 nitrogen and oxygen atoms in total. The zero-order chi connectivity index (χ0) is 10.4. The molecule has 0 fully saturated rings. The fraction of sp³-hybridized carbons (Fsp3) is 0.333. The van der Waals surface area contributed by atoms with Gasteiger partial charge in [0.25, 0.3) is 0 Å². The summed E-state index contributed by atoms with van der Waals surface area (Å²) in [6, 6.07) is 8.05. The van der Waals surface area contributed by atoms with E-state index in [0.717, 1.165) is 16.6 Å². The standard InChI is InChI=1S/C12H15BrO/c1-3-6-11-7-4-5-8-12(11)14-10(2)9-13/h3-8,10H,9H2,1-2H3. The molecule has 0 radical (unpaired) electrons. The lowest BCUT2D eigenvalue weighted by Gasteiger charge is -2.13. The van der Waals surface area contributed by atoms with Gasteiger partial charge in [-0.25, -0.2) is 0 Å². The Kier molecular flexibility index (Phi) is 4.74. The maximum absolute atomic E-state index is 5.75. The van der Waals surface area contributed by atoms with Gasteiger partial charge in [0.05, 0.1) is 0 Å². The first-order valence-electron chi connectivity index (χ1n) is 4.72. The number of allylic oxidation sites excluding steroid dienone is 1. The summed E-state index contributed by atoms with van der Waals surface area (Å²) in [6.45, 7) is 4.05. The average Bonchev–Trinajstić information content (AvgIpc) is 2.21. The Morgan fingerprint density at radius 2 is 2.14 bits per heavy atom. The van der Waals surface area contributed by atoms with Crippen molar-refractivity contribution < 1.29 is 4.74 Å². The molecule has 1 aromatic rings. The molecule has 0 aliphatic rings. The van der Waals surface area contributed by atoms with Crippen LogP contribution in [0.15, 0.2) is 30.3 Å². The number of alkyl halides is 1. The summed E-state index contributed by atoms with van der Waals surface area (Å²) in [5.41, 5.74) is 1.13. The van der Waals surface area contributed by atoms with E-state index in [0.29, 0.717) is 0 Å². The lowest BCUT2D eigenvalue weighted by atomic mass is 10.2. The molecule has 76 valence electrons. The van der Waals surface area contributed by atoms with Crippen molar-refractivity contribution in [3.63, 3.8) is 0 Å².